The van der Waals surface area contributed by atoms with E-state index in [0.29, 0.717) is 17.9 Å². The molecule has 0 fully saturated rings. The number of hydrogen-bond acceptors (Lipinski definition) is 4. The van der Waals surface area contributed by atoms with Crippen molar-refractivity contribution >= 4 is 29.3 Å². The number of esters is 1. The lowest BCUT2D eigenvalue weighted by Gasteiger charge is -2.17. The largest absolute Gasteiger partial charge is 0.461 e. The molecule has 0 spiro atoms. The van der Waals surface area contributed by atoms with Crippen LogP contribution in [-0.2, 0) is 9.53 Å². The van der Waals surface area contributed by atoms with Crippen LogP contribution in [0.4, 0.5) is 5.69 Å². The van der Waals surface area contributed by atoms with Crippen LogP contribution < -0.4 is 5.32 Å². The van der Waals surface area contributed by atoms with Crippen molar-refractivity contribution < 1.29 is 14.3 Å². The highest BCUT2D eigenvalue weighted by molar-refractivity contribution is 7.98. The molecule has 0 saturated carbocycles. The topological polar surface area (TPSA) is 55.4 Å². The van der Waals surface area contributed by atoms with Crippen molar-refractivity contribution in [1.29, 1.82) is 0 Å². The Balaban J connectivity index is 2.71. The fourth-order valence-electron chi connectivity index (χ4n) is 1.34. The number of anilines is 1. The van der Waals surface area contributed by atoms with E-state index in [4.69, 9.17) is 4.74 Å². The Morgan fingerprint density at radius 1 is 1.30 bits per heavy atom. The van der Waals surface area contributed by atoms with Gasteiger partial charge in [-0.2, -0.15) is 11.8 Å². The van der Waals surface area contributed by atoms with Crippen molar-refractivity contribution in [2.75, 3.05) is 23.9 Å². The molecule has 0 saturated heterocycles. The Labute approximate surface area is 124 Å². The standard InChI is InChI=1S/C15H21NO3S/c1-15(2,3)14(18)16-12-7-5-6-11(10-12)13(17)19-8-9-20-4/h5-7,10H,8-9H2,1-4H3,(H,16,18). The van der Waals surface area contributed by atoms with Crippen LogP contribution in [0.2, 0.25) is 0 Å². The number of ether oxygens (including phenoxy) is 1. The van der Waals surface area contributed by atoms with Gasteiger partial charge in [-0.15, -0.1) is 0 Å². The summed E-state index contributed by atoms with van der Waals surface area (Å²) in [5.41, 5.74) is 0.566. The number of carbonyl (C=O) groups excluding carboxylic acids is 2. The number of hydrogen-bond donors (Lipinski definition) is 1. The second-order valence-electron chi connectivity index (χ2n) is 5.41. The van der Waals surface area contributed by atoms with Gasteiger partial charge in [-0.3, -0.25) is 4.79 Å². The maximum atomic E-state index is 11.9. The van der Waals surface area contributed by atoms with Crippen LogP contribution in [0.15, 0.2) is 24.3 Å². The van der Waals surface area contributed by atoms with E-state index < -0.39 is 5.41 Å². The molecule has 1 aromatic rings. The molecule has 1 amide bonds. The number of thioether (sulfide) groups is 1. The molecule has 0 bridgehead atoms. The van der Waals surface area contributed by atoms with Gasteiger partial charge in [0.1, 0.15) is 6.61 Å². The van der Waals surface area contributed by atoms with E-state index in [2.05, 4.69) is 5.32 Å². The van der Waals surface area contributed by atoms with E-state index in [1.807, 2.05) is 27.0 Å². The molecule has 0 aliphatic heterocycles. The molecular formula is C15H21NO3S. The molecule has 4 nitrogen and oxygen atoms in total. The number of nitrogens with one attached hydrogen (secondary N) is 1. The summed E-state index contributed by atoms with van der Waals surface area (Å²) in [7, 11) is 0. The van der Waals surface area contributed by atoms with E-state index in [1.54, 1.807) is 36.0 Å². The van der Waals surface area contributed by atoms with Gasteiger partial charge in [0, 0.05) is 16.9 Å². The first-order valence-corrected chi connectivity index (χ1v) is 7.81. The Kier molecular flexibility index (Phi) is 6.07. The number of amides is 1. The molecule has 20 heavy (non-hydrogen) atoms. The number of rotatable bonds is 5. The minimum atomic E-state index is -0.477. The third kappa shape index (κ3) is 5.25. The monoisotopic (exact) mass is 295 g/mol. The molecule has 110 valence electrons. The third-order valence-corrected chi connectivity index (χ3v) is 3.13. The minimum absolute atomic E-state index is 0.0922. The van der Waals surface area contributed by atoms with Crippen LogP contribution in [0.3, 0.4) is 0 Å². The molecule has 0 aliphatic rings. The second-order valence-corrected chi connectivity index (χ2v) is 6.40. The van der Waals surface area contributed by atoms with Gasteiger partial charge >= 0.3 is 5.97 Å². The van der Waals surface area contributed by atoms with Gasteiger partial charge in [0.25, 0.3) is 0 Å². The van der Waals surface area contributed by atoms with E-state index in [9.17, 15) is 9.59 Å². The lowest BCUT2D eigenvalue weighted by molar-refractivity contribution is -0.123. The fourth-order valence-corrected chi connectivity index (χ4v) is 1.59. The van der Waals surface area contributed by atoms with Crippen LogP contribution in [-0.4, -0.2) is 30.5 Å². The van der Waals surface area contributed by atoms with Crippen molar-refractivity contribution in [3.8, 4) is 0 Å². The summed E-state index contributed by atoms with van der Waals surface area (Å²) in [5, 5.41) is 2.79. The molecule has 0 unspecified atom stereocenters. The Morgan fingerprint density at radius 3 is 2.60 bits per heavy atom. The highest BCUT2D eigenvalue weighted by Gasteiger charge is 2.21. The lowest BCUT2D eigenvalue weighted by Crippen LogP contribution is -2.27. The van der Waals surface area contributed by atoms with Crippen molar-refractivity contribution in [2.45, 2.75) is 20.8 Å². The summed E-state index contributed by atoms with van der Waals surface area (Å²) < 4.78 is 5.12. The zero-order valence-corrected chi connectivity index (χ0v) is 13.2. The highest BCUT2D eigenvalue weighted by atomic mass is 32.2. The van der Waals surface area contributed by atoms with Crippen molar-refractivity contribution in [3.63, 3.8) is 0 Å². The molecule has 1 aromatic carbocycles. The second kappa shape index (κ2) is 7.33. The van der Waals surface area contributed by atoms with Crippen LogP contribution in [0.25, 0.3) is 0 Å². The van der Waals surface area contributed by atoms with E-state index >= 15 is 0 Å². The summed E-state index contributed by atoms with van der Waals surface area (Å²) in [5.74, 6) is 0.308. The number of carbonyl (C=O) groups is 2. The molecule has 0 atom stereocenters. The molecule has 1 rings (SSSR count). The average molecular weight is 295 g/mol. The van der Waals surface area contributed by atoms with Gasteiger partial charge in [0.2, 0.25) is 5.91 Å². The smallest absolute Gasteiger partial charge is 0.338 e. The Morgan fingerprint density at radius 2 is 2.00 bits per heavy atom. The highest BCUT2D eigenvalue weighted by Crippen LogP contribution is 2.18. The predicted octanol–water partition coefficient (Wildman–Crippen LogP) is 3.19. The molecule has 5 heteroatoms. The minimum Gasteiger partial charge on any atom is -0.461 e. The maximum absolute atomic E-state index is 11.9. The molecule has 0 aliphatic carbocycles. The van der Waals surface area contributed by atoms with Crippen LogP contribution in [0.1, 0.15) is 31.1 Å². The normalized spacial score (nSPS) is 11.0. The number of benzene rings is 1. The quantitative estimate of drug-likeness (QED) is 0.669. The summed E-state index contributed by atoms with van der Waals surface area (Å²) in [6.07, 6.45) is 1.95. The van der Waals surface area contributed by atoms with Gasteiger partial charge in [0.15, 0.2) is 0 Å². The van der Waals surface area contributed by atoms with Gasteiger partial charge < -0.3 is 10.1 Å². The predicted molar refractivity (Wildman–Crippen MR) is 83.2 cm³/mol. The maximum Gasteiger partial charge on any atom is 0.338 e. The average Bonchev–Trinajstić information content (AvgIpc) is 2.38. The molecule has 0 aromatic heterocycles. The summed E-state index contributed by atoms with van der Waals surface area (Å²) in [4.78, 5) is 23.7. The fraction of sp³-hybridized carbons (Fsp3) is 0.467. The molecular weight excluding hydrogens is 274 g/mol. The van der Waals surface area contributed by atoms with Crippen molar-refractivity contribution in [2.24, 2.45) is 5.41 Å². The molecule has 0 radical (unpaired) electrons. The summed E-state index contributed by atoms with van der Waals surface area (Å²) in [6.45, 7) is 5.90. The van der Waals surface area contributed by atoms with Crippen LogP contribution >= 0.6 is 11.8 Å². The molecule has 0 heterocycles. The third-order valence-electron chi connectivity index (χ3n) is 2.56. The van der Waals surface area contributed by atoms with E-state index in [-0.39, 0.29) is 11.9 Å². The first-order chi connectivity index (χ1) is 9.34. The van der Waals surface area contributed by atoms with Gasteiger partial charge in [-0.05, 0) is 24.5 Å². The first kappa shape index (κ1) is 16.6. The van der Waals surface area contributed by atoms with Crippen molar-refractivity contribution in [3.05, 3.63) is 29.8 Å². The summed E-state index contributed by atoms with van der Waals surface area (Å²) >= 11 is 1.62. The summed E-state index contributed by atoms with van der Waals surface area (Å²) in [6, 6.07) is 6.78. The van der Waals surface area contributed by atoms with Crippen LogP contribution in [0, 0.1) is 5.41 Å². The Bertz CT molecular complexity index is 480. The SMILES string of the molecule is CSCCOC(=O)c1cccc(NC(=O)C(C)(C)C)c1. The zero-order chi connectivity index (χ0) is 15.2. The van der Waals surface area contributed by atoms with Gasteiger partial charge in [-0.25, -0.2) is 4.79 Å². The molecule has 1 N–H and O–H groups in total. The van der Waals surface area contributed by atoms with Crippen molar-refractivity contribution in [1.82, 2.24) is 0 Å². The Hall–Kier alpha value is -1.49. The van der Waals surface area contributed by atoms with Gasteiger partial charge in [-0.1, -0.05) is 26.8 Å². The zero-order valence-electron chi connectivity index (χ0n) is 12.4. The first-order valence-electron chi connectivity index (χ1n) is 6.42. The van der Waals surface area contributed by atoms with E-state index in [1.165, 1.54) is 0 Å². The van der Waals surface area contributed by atoms with Crippen LogP contribution in [0.5, 0.6) is 0 Å². The van der Waals surface area contributed by atoms with E-state index in [0.717, 1.165) is 5.75 Å². The van der Waals surface area contributed by atoms with Gasteiger partial charge in [0.05, 0.1) is 5.56 Å². The lowest BCUT2D eigenvalue weighted by atomic mass is 9.95.